The molecule has 66 heavy (non-hydrogen) atoms. The molecule has 0 aliphatic rings. The highest BCUT2D eigenvalue weighted by Gasteiger charge is 2.09. The zero-order valence-corrected chi connectivity index (χ0v) is 36.8. The van der Waals surface area contributed by atoms with Crippen LogP contribution in [0.2, 0.25) is 0 Å². The number of nitrogens with one attached hydrogen (secondary N) is 1. The van der Waals surface area contributed by atoms with E-state index in [4.69, 9.17) is 16.7 Å². The van der Waals surface area contributed by atoms with Gasteiger partial charge >= 0.3 is 0 Å². The second-order valence-corrected chi connectivity index (χ2v) is 14.4. The molecule has 0 saturated heterocycles. The van der Waals surface area contributed by atoms with Crippen molar-refractivity contribution in [1.82, 2.24) is 19.6 Å². The SMILES string of the molecule is CCO.Cc1ccc(-c2cnn(-c3ccc(N)cc3)c2)cc1.Cc1ccc(-c2cnn(-c3ccc([N+](=O)[O-])cc3)c2)cc1.Cc1ccc(C(C=O)C=O)cc1.NNc1ccc([N+](=O)[O-])cc1.[2HH]. The number of nitrogens with zero attached hydrogens (tertiary/aromatic N) is 6. The number of aliphatic hydroxyl groups is 1. The van der Waals surface area contributed by atoms with Gasteiger partial charge in [0.15, 0.2) is 0 Å². The van der Waals surface area contributed by atoms with Crippen molar-refractivity contribution in [2.24, 2.45) is 5.84 Å². The summed E-state index contributed by atoms with van der Waals surface area (Å²) in [5.74, 6) is 4.45. The van der Waals surface area contributed by atoms with Gasteiger partial charge in [0, 0.05) is 67.2 Å². The van der Waals surface area contributed by atoms with Crippen LogP contribution in [0.5, 0.6) is 0 Å². The van der Waals surface area contributed by atoms with Gasteiger partial charge in [-0.15, -0.1) is 0 Å². The molecule has 8 aromatic rings. The lowest BCUT2D eigenvalue weighted by Crippen LogP contribution is -2.06. The van der Waals surface area contributed by atoms with Crippen LogP contribution in [-0.2, 0) is 9.59 Å². The Balaban J connectivity index is 0.000000239. The van der Waals surface area contributed by atoms with Crippen LogP contribution >= 0.6 is 0 Å². The summed E-state index contributed by atoms with van der Waals surface area (Å²) in [5.41, 5.74) is 20.1. The molecule has 0 spiro atoms. The lowest BCUT2D eigenvalue weighted by Gasteiger charge is -2.01. The highest BCUT2D eigenvalue weighted by molar-refractivity contribution is 5.84. The van der Waals surface area contributed by atoms with Crippen molar-refractivity contribution in [2.75, 3.05) is 17.8 Å². The molecule has 6 N–H and O–H groups in total. The van der Waals surface area contributed by atoms with Crippen LogP contribution in [0.3, 0.4) is 0 Å². The molecule has 6 aromatic carbocycles. The van der Waals surface area contributed by atoms with Crippen molar-refractivity contribution in [2.45, 2.75) is 33.6 Å². The normalized spacial score (nSPS) is 9.98. The molecule has 0 bridgehead atoms. The first-order valence-corrected chi connectivity index (χ1v) is 20.4. The summed E-state index contributed by atoms with van der Waals surface area (Å²) in [7, 11) is 0. The van der Waals surface area contributed by atoms with Crippen molar-refractivity contribution >= 4 is 35.3 Å². The van der Waals surface area contributed by atoms with E-state index in [-0.39, 0.29) is 19.4 Å². The largest absolute Gasteiger partial charge is 0.399 e. The third kappa shape index (κ3) is 15.3. The first-order valence-electron chi connectivity index (χ1n) is 20.4. The number of anilines is 2. The van der Waals surface area contributed by atoms with E-state index in [1.165, 1.54) is 53.1 Å². The Morgan fingerprint density at radius 2 is 0.955 bits per heavy atom. The Bertz CT molecular complexity index is 2680. The third-order valence-corrected chi connectivity index (χ3v) is 9.42. The molecular formula is C50H53N9O7. The smallest absolute Gasteiger partial charge is 0.269 e. The minimum Gasteiger partial charge on any atom is -0.399 e. The Morgan fingerprint density at radius 3 is 1.30 bits per heavy atom. The van der Waals surface area contributed by atoms with Crippen molar-refractivity contribution in [3.05, 3.63) is 213 Å². The van der Waals surface area contributed by atoms with E-state index >= 15 is 0 Å². The fourth-order valence-electron chi connectivity index (χ4n) is 5.73. The van der Waals surface area contributed by atoms with E-state index in [9.17, 15) is 29.8 Å². The van der Waals surface area contributed by atoms with Gasteiger partial charge in [-0.3, -0.25) is 26.1 Å². The number of rotatable bonds is 10. The van der Waals surface area contributed by atoms with E-state index in [0.717, 1.165) is 44.9 Å². The van der Waals surface area contributed by atoms with Gasteiger partial charge in [0.1, 0.15) is 12.6 Å². The second-order valence-electron chi connectivity index (χ2n) is 14.4. The molecule has 0 amide bonds. The summed E-state index contributed by atoms with van der Waals surface area (Å²) in [6.07, 6.45) is 8.89. The standard InChI is InChI=1S/C16H13N3O2.C16H15N3.C10H10O2.C6H7N3O2.C2H6O.H2/c1-12-2-4-13(5-3-12)14-10-17-18(11-14)15-6-8-16(9-7-15)19(20)21;1-12-2-4-13(5-3-12)14-10-18-19(11-14)16-8-6-15(17)7-9-16;1-8-2-4-9(5-3-8)10(6-11)7-12;7-8-5-1-3-6(4-2-5)9(10)11;1-2-3;/h2-11H,1H3;2-11H,17H2,1H3;2-7,10H,1H3;1-4,8H,7H2;3H,2H2,1H3;1H/i;;;;;1+1. The third-order valence-electron chi connectivity index (χ3n) is 9.42. The highest BCUT2D eigenvalue weighted by atomic mass is 16.6. The van der Waals surface area contributed by atoms with Crippen LogP contribution in [0.1, 0.15) is 36.5 Å². The van der Waals surface area contributed by atoms with E-state index in [1.807, 2.05) is 85.7 Å². The predicted molar refractivity (Wildman–Crippen MR) is 260 cm³/mol. The molecule has 0 fully saturated rings. The number of carbonyl (C=O) groups excluding carboxylic acids is 2. The first-order chi connectivity index (χ1) is 31.8. The van der Waals surface area contributed by atoms with Crippen molar-refractivity contribution in [3.63, 3.8) is 0 Å². The molecule has 340 valence electrons. The monoisotopic (exact) mass is 892 g/mol. The molecule has 16 heteroatoms. The maximum absolute atomic E-state index is 10.6. The summed E-state index contributed by atoms with van der Waals surface area (Å²) >= 11 is 0. The number of aromatic nitrogens is 4. The topological polar surface area (TPSA) is 240 Å². The van der Waals surface area contributed by atoms with Crippen LogP contribution in [-0.4, -0.2) is 53.7 Å². The minimum absolute atomic E-state index is 0. The van der Waals surface area contributed by atoms with Crippen molar-refractivity contribution in [1.29, 1.82) is 0 Å². The van der Waals surface area contributed by atoms with Gasteiger partial charge in [-0.2, -0.15) is 10.2 Å². The van der Waals surface area contributed by atoms with Crippen LogP contribution in [0.15, 0.2) is 170 Å². The van der Waals surface area contributed by atoms with Crippen LogP contribution in [0, 0.1) is 41.0 Å². The zero-order chi connectivity index (χ0) is 48.0. The first kappa shape index (κ1) is 50.0. The van der Waals surface area contributed by atoms with Gasteiger partial charge in [0.2, 0.25) is 0 Å². The summed E-state index contributed by atoms with van der Waals surface area (Å²) in [6, 6.07) is 43.8. The molecule has 0 aliphatic heterocycles. The number of hydrazine groups is 1. The number of carbonyl (C=O) groups is 2. The Kier molecular flexibility index (Phi) is 19.3. The van der Waals surface area contributed by atoms with Crippen LogP contribution in [0.4, 0.5) is 22.7 Å². The molecule has 2 heterocycles. The molecule has 0 unspecified atom stereocenters. The van der Waals surface area contributed by atoms with E-state index in [1.54, 1.807) is 42.1 Å². The Labute approximate surface area is 383 Å². The molecule has 8 rings (SSSR count). The van der Waals surface area contributed by atoms with Gasteiger partial charge in [0.25, 0.3) is 11.4 Å². The number of nitrogen functional groups attached to an aromatic ring is 2. The maximum atomic E-state index is 10.6. The van der Waals surface area contributed by atoms with Gasteiger partial charge in [-0.25, -0.2) is 9.36 Å². The zero-order valence-electron chi connectivity index (χ0n) is 36.8. The molecule has 2 aromatic heterocycles. The summed E-state index contributed by atoms with van der Waals surface area (Å²) < 4.78 is 3.56. The van der Waals surface area contributed by atoms with E-state index < -0.39 is 15.8 Å². The number of benzene rings is 6. The van der Waals surface area contributed by atoms with Gasteiger partial charge in [0.05, 0.1) is 39.5 Å². The van der Waals surface area contributed by atoms with Crippen LogP contribution < -0.4 is 17.0 Å². The summed E-state index contributed by atoms with van der Waals surface area (Å²) in [4.78, 5) is 40.7. The number of non-ortho nitro benzene ring substituents is 2. The van der Waals surface area contributed by atoms with Gasteiger partial charge < -0.3 is 25.9 Å². The lowest BCUT2D eigenvalue weighted by molar-refractivity contribution is -0.385. The average Bonchev–Trinajstić information content (AvgIpc) is 4.04. The number of aryl methyl sites for hydroxylation is 3. The quantitative estimate of drug-likeness (QED) is 0.0250. The predicted octanol–water partition coefficient (Wildman–Crippen LogP) is 9.79. The number of aliphatic hydroxyl groups excluding tert-OH is 1. The number of nitrogens with two attached hydrogens (primary N) is 2. The Hall–Kier alpha value is -8.60. The highest BCUT2D eigenvalue weighted by Crippen LogP contribution is 2.23. The fourth-order valence-corrected chi connectivity index (χ4v) is 5.73. The molecule has 0 saturated carbocycles. The molecule has 0 aliphatic carbocycles. The van der Waals surface area contributed by atoms with Crippen molar-refractivity contribution in [3.8, 4) is 33.6 Å². The molecule has 0 atom stereocenters. The fraction of sp³-hybridized carbons (Fsp3) is 0.120. The number of hydrogen-bond donors (Lipinski definition) is 4. The molecular weight excluding hydrogens is 839 g/mol. The molecule has 0 radical (unpaired) electrons. The van der Waals surface area contributed by atoms with Gasteiger partial charge in [-0.05, 0) is 92.9 Å². The average molecular weight is 893 g/mol. The van der Waals surface area contributed by atoms with Crippen LogP contribution in [0.25, 0.3) is 33.6 Å². The van der Waals surface area contributed by atoms with Crippen molar-refractivity contribution < 1.29 is 26.0 Å². The Morgan fingerprint density at radius 1 is 0.606 bits per heavy atom. The lowest BCUT2D eigenvalue weighted by atomic mass is 10.0. The number of hydrogen-bond acceptors (Lipinski definition) is 12. The minimum atomic E-state index is -0.606. The number of aldehydes is 2. The second kappa shape index (κ2) is 25.5. The summed E-state index contributed by atoms with van der Waals surface area (Å²) in [5, 5.41) is 37.1. The van der Waals surface area contributed by atoms with E-state index in [0.29, 0.717) is 18.3 Å². The maximum Gasteiger partial charge on any atom is 0.269 e. The number of nitro groups is 2. The summed E-state index contributed by atoms with van der Waals surface area (Å²) in [6.45, 7) is 8.02. The molecule has 16 nitrogen and oxygen atoms in total. The van der Waals surface area contributed by atoms with Gasteiger partial charge in [-0.1, -0.05) is 89.5 Å². The van der Waals surface area contributed by atoms with E-state index in [2.05, 4.69) is 58.9 Å². The number of nitro benzene ring substituents is 2.